The third-order valence-electron chi connectivity index (χ3n) is 2.45. The van der Waals surface area contributed by atoms with Gasteiger partial charge in [-0.3, -0.25) is 4.79 Å². The third-order valence-corrected chi connectivity index (χ3v) is 4.03. The molecule has 0 spiro atoms. The number of ether oxygens (including phenoxy) is 1. The summed E-state index contributed by atoms with van der Waals surface area (Å²) in [4.78, 5) is 14.6. The van der Waals surface area contributed by atoms with E-state index in [1.807, 2.05) is 0 Å². The molecule has 1 saturated heterocycles. The third kappa shape index (κ3) is 2.51. The molecule has 3 nitrogen and oxygen atoms in total. The molecule has 2 heterocycles. The molecular weight excluding hydrogens is 269 g/mol. The Labute approximate surface area is 108 Å². The standard InChI is InChI=1S/C10H11Cl2NO2S/c11-5-7-6-15-4-3-13(7)10(14)8-1-2-9(12)16-8/h1-2,7H,3-6H2. The zero-order valence-corrected chi connectivity index (χ0v) is 10.8. The van der Waals surface area contributed by atoms with E-state index in [1.165, 1.54) is 11.3 Å². The second kappa shape index (κ2) is 5.36. The normalized spacial score (nSPS) is 21.1. The Morgan fingerprint density at radius 2 is 2.44 bits per heavy atom. The van der Waals surface area contributed by atoms with Gasteiger partial charge in [0.05, 0.1) is 28.5 Å². The fourth-order valence-corrected chi connectivity index (χ4v) is 2.88. The zero-order valence-electron chi connectivity index (χ0n) is 8.49. The quantitative estimate of drug-likeness (QED) is 0.779. The summed E-state index contributed by atoms with van der Waals surface area (Å²) in [5.41, 5.74) is 0. The number of alkyl halides is 1. The van der Waals surface area contributed by atoms with Gasteiger partial charge in [0.2, 0.25) is 0 Å². The first-order valence-electron chi connectivity index (χ1n) is 4.92. The van der Waals surface area contributed by atoms with E-state index in [0.29, 0.717) is 34.9 Å². The summed E-state index contributed by atoms with van der Waals surface area (Å²) >= 11 is 12.9. The van der Waals surface area contributed by atoms with E-state index in [2.05, 4.69) is 0 Å². The van der Waals surface area contributed by atoms with E-state index >= 15 is 0 Å². The molecule has 1 aliphatic heterocycles. The summed E-state index contributed by atoms with van der Waals surface area (Å²) in [6, 6.07) is 3.44. The van der Waals surface area contributed by atoms with Gasteiger partial charge in [-0.05, 0) is 12.1 Å². The van der Waals surface area contributed by atoms with Gasteiger partial charge in [0.1, 0.15) is 0 Å². The van der Waals surface area contributed by atoms with Gasteiger partial charge in [0, 0.05) is 12.4 Å². The highest BCUT2D eigenvalue weighted by atomic mass is 35.5. The number of rotatable bonds is 2. The van der Waals surface area contributed by atoms with Crippen LogP contribution in [0.15, 0.2) is 12.1 Å². The Kier molecular flexibility index (Phi) is 4.08. The maximum atomic E-state index is 12.1. The molecule has 1 fully saturated rings. The summed E-state index contributed by atoms with van der Waals surface area (Å²) in [7, 11) is 0. The molecule has 1 unspecified atom stereocenters. The molecule has 1 aliphatic rings. The molecule has 16 heavy (non-hydrogen) atoms. The monoisotopic (exact) mass is 279 g/mol. The molecule has 1 aromatic heterocycles. The van der Waals surface area contributed by atoms with Crippen molar-refractivity contribution in [2.75, 3.05) is 25.6 Å². The number of hydrogen-bond donors (Lipinski definition) is 0. The molecule has 0 N–H and O–H groups in total. The van der Waals surface area contributed by atoms with Gasteiger partial charge in [-0.1, -0.05) is 11.6 Å². The van der Waals surface area contributed by atoms with Crippen LogP contribution in [0.1, 0.15) is 9.67 Å². The van der Waals surface area contributed by atoms with Crippen LogP contribution in [0.5, 0.6) is 0 Å². The van der Waals surface area contributed by atoms with Crippen molar-refractivity contribution in [1.29, 1.82) is 0 Å². The number of morpholine rings is 1. The minimum absolute atomic E-state index is 0.00847. The van der Waals surface area contributed by atoms with E-state index < -0.39 is 0 Å². The van der Waals surface area contributed by atoms with Gasteiger partial charge < -0.3 is 9.64 Å². The van der Waals surface area contributed by atoms with Crippen LogP contribution in [-0.2, 0) is 4.74 Å². The number of thiophene rings is 1. The second-order valence-electron chi connectivity index (χ2n) is 3.49. The van der Waals surface area contributed by atoms with Crippen molar-refractivity contribution in [2.45, 2.75) is 6.04 Å². The maximum absolute atomic E-state index is 12.1. The lowest BCUT2D eigenvalue weighted by atomic mass is 10.2. The van der Waals surface area contributed by atoms with E-state index in [4.69, 9.17) is 27.9 Å². The Morgan fingerprint density at radius 1 is 1.62 bits per heavy atom. The van der Waals surface area contributed by atoms with Gasteiger partial charge in [-0.25, -0.2) is 0 Å². The van der Waals surface area contributed by atoms with Crippen LogP contribution in [0, 0.1) is 0 Å². The molecule has 0 aromatic carbocycles. The summed E-state index contributed by atoms with van der Waals surface area (Å²) < 4.78 is 5.92. The van der Waals surface area contributed by atoms with Crippen molar-refractivity contribution >= 4 is 40.4 Å². The molecule has 1 atom stereocenters. The van der Waals surface area contributed by atoms with Crippen molar-refractivity contribution in [2.24, 2.45) is 0 Å². The molecule has 88 valence electrons. The molecule has 0 aliphatic carbocycles. The average Bonchev–Trinajstić information content (AvgIpc) is 2.75. The van der Waals surface area contributed by atoms with Crippen LogP contribution in [-0.4, -0.2) is 42.5 Å². The first-order chi connectivity index (χ1) is 7.72. The van der Waals surface area contributed by atoms with Gasteiger partial charge in [0.15, 0.2) is 0 Å². The molecule has 0 bridgehead atoms. The van der Waals surface area contributed by atoms with E-state index in [9.17, 15) is 4.79 Å². The number of halogens is 2. The van der Waals surface area contributed by atoms with Crippen LogP contribution < -0.4 is 0 Å². The Bertz CT molecular complexity index is 383. The van der Waals surface area contributed by atoms with Crippen molar-refractivity contribution in [3.05, 3.63) is 21.3 Å². The number of hydrogen-bond acceptors (Lipinski definition) is 3. The molecule has 6 heteroatoms. The molecule has 2 rings (SSSR count). The lowest BCUT2D eigenvalue weighted by Gasteiger charge is -2.34. The van der Waals surface area contributed by atoms with Crippen LogP contribution in [0.3, 0.4) is 0 Å². The summed E-state index contributed by atoms with van der Waals surface area (Å²) in [6.07, 6.45) is 0. The van der Waals surface area contributed by atoms with Crippen LogP contribution in [0.25, 0.3) is 0 Å². The smallest absolute Gasteiger partial charge is 0.264 e. The topological polar surface area (TPSA) is 29.5 Å². The highest BCUT2D eigenvalue weighted by Gasteiger charge is 2.28. The Hall–Kier alpha value is -0.290. The lowest BCUT2D eigenvalue weighted by molar-refractivity contribution is 0.00484. The SMILES string of the molecule is O=C(c1ccc(Cl)s1)N1CCOCC1CCl. The predicted molar refractivity (Wildman–Crippen MR) is 65.7 cm³/mol. The van der Waals surface area contributed by atoms with Gasteiger partial charge in [-0.15, -0.1) is 22.9 Å². The average molecular weight is 280 g/mol. The molecular formula is C10H11Cl2NO2S. The first kappa shape index (κ1) is 12.2. The fourth-order valence-electron chi connectivity index (χ4n) is 1.62. The highest BCUT2D eigenvalue weighted by molar-refractivity contribution is 7.17. The number of amides is 1. The molecule has 1 aromatic rings. The number of carbonyl (C=O) groups excluding carboxylic acids is 1. The van der Waals surface area contributed by atoms with Crippen LogP contribution in [0.2, 0.25) is 4.34 Å². The van der Waals surface area contributed by atoms with Crippen molar-refractivity contribution in [1.82, 2.24) is 4.90 Å². The minimum Gasteiger partial charge on any atom is -0.377 e. The van der Waals surface area contributed by atoms with Crippen molar-refractivity contribution in [3.8, 4) is 0 Å². The highest BCUT2D eigenvalue weighted by Crippen LogP contribution is 2.24. The van der Waals surface area contributed by atoms with Gasteiger partial charge in [0.25, 0.3) is 5.91 Å². The van der Waals surface area contributed by atoms with Gasteiger partial charge in [-0.2, -0.15) is 0 Å². The maximum Gasteiger partial charge on any atom is 0.264 e. The van der Waals surface area contributed by atoms with Crippen molar-refractivity contribution in [3.63, 3.8) is 0 Å². The molecule has 1 amide bonds. The second-order valence-corrected chi connectivity index (χ2v) is 5.51. The van der Waals surface area contributed by atoms with Gasteiger partial charge >= 0.3 is 0 Å². The summed E-state index contributed by atoms with van der Waals surface area (Å²) in [5.74, 6) is 0.385. The number of carbonyl (C=O) groups is 1. The van der Waals surface area contributed by atoms with Crippen molar-refractivity contribution < 1.29 is 9.53 Å². The Morgan fingerprint density at radius 3 is 3.06 bits per heavy atom. The van der Waals surface area contributed by atoms with Crippen LogP contribution in [0.4, 0.5) is 0 Å². The predicted octanol–water partition coefficient (Wildman–Crippen LogP) is 2.48. The van der Waals surface area contributed by atoms with E-state index in [0.717, 1.165) is 0 Å². The number of nitrogens with zero attached hydrogens (tertiary/aromatic N) is 1. The molecule has 0 radical (unpaired) electrons. The fraction of sp³-hybridized carbons (Fsp3) is 0.500. The van der Waals surface area contributed by atoms with E-state index in [-0.39, 0.29) is 11.9 Å². The molecule has 0 saturated carbocycles. The van der Waals surface area contributed by atoms with Crippen LogP contribution >= 0.6 is 34.5 Å². The zero-order chi connectivity index (χ0) is 11.5. The first-order valence-corrected chi connectivity index (χ1v) is 6.65. The lowest BCUT2D eigenvalue weighted by Crippen LogP contribution is -2.49. The summed E-state index contributed by atoms with van der Waals surface area (Å²) in [5, 5.41) is 0. The van der Waals surface area contributed by atoms with E-state index in [1.54, 1.807) is 17.0 Å². The Balaban J connectivity index is 2.13. The summed E-state index contributed by atoms with van der Waals surface area (Å²) in [6.45, 7) is 1.67. The minimum atomic E-state index is -0.0382. The largest absolute Gasteiger partial charge is 0.377 e.